The van der Waals surface area contributed by atoms with Crippen molar-refractivity contribution in [3.05, 3.63) is 24.3 Å². The maximum Gasteiger partial charge on any atom is 0.332 e. The Morgan fingerprint density at radius 1 is 1.39 bits per heavy atom. The van der Waals surface area contributed by atoms with Gasteiger partial charge in [-0.2, -0.15) is 4.39 Å². The van der Waals surface area contributed by atoms with Crippen molar-refractivity contribution in [1.82, 2.24) is 4.98 Å². The van der Waals surface area contributed by atoms with E-state index in [1.807, 2.05) is 0 Å². The first-order valence-electron chi connectivity index (χ1n) is 5.37. The van der Waals surface area contributed by atoms with Gasteiger partial charge >= 0.3 is 5.97 Å². The highest BCUT2D eigenvalue weighted by atomic mass is 19.1. The molecule has 1 fully saturated rings. The zero-order valence-corrected chi connectivity index (χ0v) is 9.30. The number of anilines is 1. The number of carboxylic acids is 1. The molecule has 1 aliphatic rings. The molecule has 6 nitrogen and oxygen atoms in total. The van der Waals surface area contributed by atoms with E-state index in [2.05, 4.69) is 10.3 Å². The van der Waals surface area contributed by atoms with E-state index in [-0.39, 0.29) is 0 Å². The molecule has 2 rings (SSSR count). The van der Waals surface area contributed by atoms with Crippen LogP contribution in [0, 0.1) is 5.95 Å². The molecule has 2 atom stereocenters. The van der Waals surface area contributed by atoms with E-state index in [4.69, 9.17) is 9.84 Å². The number of aliphatic carboxylic acids is 1. The fourth-order valence-electron chi connectivity index (χ4n) is 1.68. The Balaban J connectivity index is 1.93. The van der Waals surface area contributed by atoms with Crippen LogP contribution in [0.25, 0.3) is 0 Å². The molecule has 1 aromatic rings. The minimum absolute atomic E-state index is 0.301. The van der Waals surface area contributed by atoms with Gasteiger partial charge in [-0.05, 0) is 25.0 Å². The Morgan fingerprint density at radius 3 is 2.67 bits per heavy atom. The van der Waals surface area contributed by atoms with Gasteiger partial charge in [-0.1, -0.05) is 0 Å². The largest absolute Gasteiger partial charge is 0.479 e. The minimum Gasteiger partial charge on any atom is -0.479 e. The Morgan fingerprint density at radius 2 is 2.11 bits per heavy atom. The minimum atomic E-state index is -1.08. The number of aromatic nitrogens is 1. The zero-order valence-electron chi connectivity index (χ0n) is 9.30. The molecule has 0 spiro atoms. The third-order valence-electron chi connectivity index (χ3n) is 2.58. The third-order valence-corrected chi connectivity index (χ3v) is 2.58. The fourth-order valence-corrected chi connectivity index (χ4v) is 1.68. The van der Waals surface area contributed by atoms with Crippen molar-refractivity contribution in [3.63, 3.8) is 0 Å². The van der Waals surface area contributed by atoms with E-state index in [0.717, 1.165) is 6.07 Å². The van der Waals surface area contributed by atoms with Crippen molar-refractivity contribution in [2.24, 2.45) is 0 Å². The first-order valence-corrected chi connectivity index (χ1v) is 5.37. The Bertz CT molecular complexity index is 463. The summed E-state index contributed by atoms with van der Waals surface area (Å²) in [5, 5.41) is 11.2. The summed E-state index contributed by atoms with van der Waals surface area (Å²) in [4.78, 5) is 25.8. The summed E-state index contributed by atoms with van der Waals surface area (Å²) < 4.78 is 17.6. The molecule has 0 aliphatic carbocycles. The van der Waals surface area contributed by atoms with E-state index in [9.17, 15) is 14.0 Å². The smallest absolute Gasteiger partial charge is 0.332 e. The van der Waals surface area contributed by atoms with Crippen molar-refractivity contribution < 1.29 is 23.8 Å². The summed E-state index contributed by atoms with van der Waals surface area (Å²) in [5.41, 5.74) is 0.337. The van der Waals surface area contributed by atoms with Crippen molar-refractivity contribution in [1.29, 1.82) is 0 Å². The lowest BCUT2D eigenvalue weighted by atomic mass is 10.2. The predicted octanol–water partition coefficient (Wildman–Crippen LogP) is 0.791. The highest BCUT2D eigenvalue weighted by Crippen LogP contribution is 2.21. The molecule has 0 radical (unpaired) electrons. The molecule has 1 amide bonds. The quantitative estimate of drug-likeness (QED) is 0.778. The van der Waals surface area contributed by atoms with Gasteiger partial charge in [-0.3, -0.25) is 4.79 Å². The molecular weight excluding hydrogens is 243 g/mol. The van der Waals surface area contributed by atoms with E-state index < -0.39 is 30.0 Å². The van der Waals surface area contributed by atoms with Crippen LogP contribution in [0.3, 0.4) is 0 Å². The number of ether oxygens (including phenoxy) is 1. The third kappa shape index (κ3) is 2.80. The molecule has 1 saturated heterocycles. The maximum absolute atomic E-state index is 12.6. The van der Waals surface area contributed by atoms with Gasteiger partial charge in [-0.25, -0.2) is 9.78 Å². The Hall–Kier alpha value is -2.02. The number of nitrogens with one attached hydrogen (secondary N) is 1. The maximum atomic E-state index is 12.6. The number of halogens is 1. The fraction of sp³-hybridized carbons (Fsp3) is 0.364. The first kappa shape index (κ1) is 12.4. The van der Waals surface area contributed by atoms with Gasteiger partial charge in [0.25, 0.3) is 5.91 Å². The lowest BCUT2D eigenvalue weighted by molar-refractivity contribution is -0.150. The number of nitrogens with zero attached hydrogens (tertiary/aromatic N) is 1. The van der Waals surface area contributed by atoms with Crippen LogP contribution in [-0.2, 0) is 14.3 Å². The van der Waals surface area contributed by atoms with Crippen molar-refractivity contribution in [2.45, 2.75) is 25.0 Å². The Kier molecular flexibility index (Phi) is 3.52. The van der Waals surface area contributed by atoms with Crippen molar-refractivity contribution in [3.8, 4) is 0 Å². The highest BCUT2D eigenvalue weighted by Gasteiger charge is 2.34. The number of carboxylic acid groups (broad SMARTS) is 1. The molecule has 0 saturated carbocycles. The number of hydrogen-bond donors (Lipinski definition) is 2. The van der Waals surface area contributed by atoms with E-state index in [1.165, 1.54) is 12.3 Å². The zero-order chi connectivity index (χ0) is 13.1. The molecule has 18 heavy (non-hydrogen) atoms. The second-order valence-corrected chi connectivity index (χ2v) is 3.89. The summed E-state index contributed by atoms with van der Waals surface area (Å²) in [5.74, 6) is -2.17. The van der Waals surface area contributed by atoms with Gasteiger partial charge in [0.15, 0.2) is 6.10 Å². The summed E-state index contributed by atoms with van der Waals surface area (Å²) in [6.45, 7) is 0. The second kappa shape index (κ2) is 5.09. The number of carbonyl (C=O) groups excluding carboxylic acids is 1. The summed E-state index contributed by atoms with van der Waals surface area (Å²) >= 11 is 0. The average molecular weight is 254 g/mol. The molecule has 7 heteroatoms. The Labute approximate surface area is 102 Å². The molecule has 0 aromatic carbocycles. The van der Waals surface area contributed by atoms with Crippen LogP contribution in [0.4, 0.5) is 10.1 Å². The highest BCUT2D eigenvalue weighted by molar-refractivity contribution is 5.94. The second-order valence-electron chi connectivity index (χ2n) is 3.89. The standard InChI is InChI=1S/C11H11FN2O4/c12-9-4-1-6(5-13-9)14-10(15)7-2-3-8(18-7)11(16)17/h1,4-5,7-8H,2-3H2,(H,14,15)(H,16,17). The number of hydrogen-bond acceptors (Lipinski definition) is 4. The van der Waals surface area contributed by atoms with Crippen LogP contribution < -0.4 is 5.32 Å². The summed E-state index contributed by atoms with van der Waals surface area (Å²) in [7, 11) is 0. The first-order chi connectivity index (χ1) is 8.56. The molecule has 1 aliphatic heterocycles. The van der Waals surface area contributed by atoms with Gasteiger partial charge in [0.05, 0.1) is 11.9 Å². The van der Waals surface area contributed by atoms with Gasteiger partial charge in [0, 0.05) is 0 Å². The monoisotopic (exact) mass is 254 g/mol. The van der Waals surface area contributed by atoms with Crippen LogP contribution in [-0.4, -0.2) is 34.2 Å². The van der Waals surface area contributed by atoms with Gasteiger partial charge in [-0.15, -0.1) is 0 Å². The summed E-state index contributed by atoms with van der Waals surface area (Å²) in [6, 6.07) is 2.48. The van der Waals surface area contributed by atoms with E-state index >= 15 is 0 Å². The molecule has 2 N–H and O–H groups in total. The summed E-state index contributed by atoms with van der Waals surface area (Å²) in [6.07, 6.45) is 0.0897. The van der Waals surface area contributed by atoms with Gasteiger partial charge in [0.1, 0.15) is 6.10 Å². The molecule has 96 valence electrons. The number of amides is 1. The van der Waals surface area contributed by atoms with E-state index in [1.54, 1.807) is 0 Å². The number of rotatable bonds is 3. The van der Waals surface area contributed by atoms with Crippen molar-refractivity contribution >= 4 is 17.6 Å². The lowest BCUT2D eigenvalue weighted by Crippen LogP contribution is -2.29. The van der Waals surface area contributed by atoms with Crippen LogP contribution in [0.15, 0.2) is 18.3 Å². The number of carbonyl (C=O) groups is 2. The normalized spacial score (nSPS) is 22.7. The van der Waals surface area contributed by atoms with Crippen molar-refractivity contribution in [2.75, 3.05) is 5.32 Å². The molecular formula is C11H11FN2O4. The SMILES string of the molecule is O=C(O)C1CCC(C(=O)Nc2ccc(F)nc2)O1. The van der Waals surface area contributed by atoms with Crippen LogP contribution >= 0.6 is 0 Å². The molecule has 2 unspecified atom stereocenters. The molecule has 1 aromatic heterocycles. The molecule has 2 heterocycles. The predicted molar refractivity (Wildman–Crippen MR) is 58.4 cm³/mol. The van der Waals surface area contributed by atoms with Gasteiger partial charge in [0.2, 0.25) is 5.95 Å². The van der Waals surface area contributed by atoms with Crippen LogP contribution in [0.1, 0.15) is 12.8 Å². The van der Waals surface area contributed by atoms with E-state index in [0.29, 0.717) is 18.5 Å². The van der Waals surface area contributed by atoms with Crippen LogP contribution in [0.5, 0.6) is 0 Å². The molecule has 0 bridgehead atoms. The van der Waals surface area contributed by atoms with Crippen LogP contribution in [0.2, 0.25) is 0 Å². The average Bonchev–Trinajstić information content (AvgIpc) is 2.81. The lowest BCUT2D eigenvalue weighted by Gasteiger charge is -2.11. The topological polar surface area (TPSA) is 88.5 Å². The number of pyridine rings is 1. The van der Waals surface area contributed by atoms with Gasteiger partial charge < -0.3 is 15.2 Å².